The molecule has 1 saturated heterocycles. The van der Waals surface area contributed by atoms with Gasteiger partial charge in [-0.2, -0.15) is 0 Å². The Balaban J connectivity index is 2.59. The number of hydrogen-bond acceptors (Lipinski definition) is 3. The van der Waals surface area contributed by atoms with Gasteiger partial charge in [0.05, 0.1) is 19.1 Å². The van der Waals surface area contributed by atoms with Gasteiger partial charge in [0.1, 0.15) is 6.67 Å². The molecule has 0 bridgehead atoms. The summed E-state index contributed by atoms with van der Waals surface area (Å²) >= 11 is 0. The molecule has 2 atom stereocenters. The van der Waals surface area contributed by atoms with Crippen LogP contribution in [0.25, 0.3) is 0 Å². The number of carbonyl (C=O) groups is 1. The zero-order valence-electron chi connectivity index (χ0n) is 8.28. The van der Waals surface area contributed by atoms with E-state index in [1.165, 1.54) is 0 Å². The van der Waals surface area contributed by atoms with Crippen LogP contribution in [-0.2, 0) is 9.53 Å². The molecule has 1 heterocycles. The van der Waals surface area contributed by atoms with E-state index >= 15 is 0 Å². The molecule has 0 spiro atoms. The third kappa shape index (κ3) is 2.42. The lowest BCUT2D eigenvalue weighted by atomic mass is 10.0. The lowest BCUT2D eigenvalue weighted by Crippen LogP contribution is -2.44. The molecule has 1 aliphatic heterocycles. The largest absolute Gasteiger partial charge is 0.481 e. The second-order valence-electron chi connectivity index (χ2n) is 3.37. The molecule has 0 amide bonds. The van der Waals surface area contributed by atoms with E-state index in [2.05, 4.69) is 0 Å². The Morgan fingerprint density at radius 2 is 2.36 bits per heavy atom. The van der Waals surface area contributed by atoms with Crippen molar-refractivity contribution in [3.05, 3.63) is 0 Å². The average Bonchev–Trinajstić information content (AvgIpc) is 2.62. The quantitative estimate of drug-likeness (QED) is 0.704. The molecule has 1 N–H and O–H groups in total. The van der Waals surface area contributed by atoms with Gasteiger partial charge >= 0.3 is 5.97 Å². The molecule has 1 rings (SSSR count). The zero-order chi connectivity index (χ0) is 10.6. The van der Waals surface area contributed by atoms with Gasteiger partial charge < -0.3 is 9.84 Å². The summed E-state index contributed by atoms with van der Waals surface area (Å²) in [4.78, 5) is 12.7. The van der Waals surface area contributed by atoms with Gasteiger partial charge in [-0.1, -0.05) is 6.92 Å². The minimum absolute atomic E-state index is 0.173. The van der Waals surface area contributed by atoms with Crippen molar-refractivity contribution in [3.63, 3.8) is 0 Å². The number of aliphatic carboxylic acids is 1. The number of carboxylic acid groups (broad SMARTS) is 1. The van der Waals surface area contributed by atoms with Crippen LogP contribution in [0.4, 0.5) is 4.39 Å². The highest BCUT2D eigenvalue weighted by Gasteiger charge is 2.37. The molecular formula is C9H16FNO3. The number of rotatable bonds is 5. The number of halogens is 1. The van der Waals surface area contributed by atoms with Crippen LogP contribution < -0.4 is 0 Å². The first kappa shape index (κ1) is 11.4. The van der Waals surface area contributed by atoms with Gasteiger partial charge in [-0.3, -0.25) is 9.69 Å². The molecule has 0 aromatic carbocycles. The maximum Gasteiger partial charge on any atom is 0.310 e. The molecular weight excluding hydrogens is 189 g/mol. The summed E-state index contributed by atoms with van der Waals surface area (Å²) in [5.74, 6) is -1.37. The Morgan fingerprint density at radius 1 is 1.64 bits per heavy atom. The maximum absolute atomic E-state index is 12.2. The molecule has 2 unspecified atom stereocenters. The van der Waals surface area contributed by atoms with E-state index < -0.39 is 18.6 Å². The molecule has 14 heavy (non-hydrogen) atoms. The number of alkyl halides is 1. The second kappa shape index (κ2) is 5.26. The van der Waals surface area contributed by atoms with Gasteiger partial charge in [0, 0.05) is 12.6 Å². The van der Waals surface area contributed by atoms with Crippen molar-refractivity contribution in [2.24, 2.45) is 5.92 Å². The van der Waals surface area contributed by atoms with E-state index in [-0.39, 0.29) is 19.2 Å². The summed E-state index contributed by atoms with van der Waals surface area (Å²) in [5.41, 5.74) is 0. The van der Waals surface area contributed by atoms with Gasteiger partial charge in [-0.25, -0.2) is 4.39 Å². The second-order valence-corrected chi connectivity index (χ2v) is 3.37. The molecule has 0 aromatic rings. The van der Waals surface area contributed by atoms with E-state index in [4.69, 9.17) is 9.84 Å². The highest BCUT2D eigenvalue weighted by Crippen LogP contribution is 2.19. The topological polar surface area (TPSA) is 49.8 Å². The minimum atomic E-state index is -0.857. The predicted molar refractivity (Wildman–Crippen MR) is 49.0 cm³/mol. The first-order valence-electron chi connectivity index (χ1n) is 4.81. The van der Waals surface area contributed by atoms with Crippen molar-refractivity contribution in [1.82, 2.24) is 4.90 Å². The third-order valence-corrected chi connectivity index (χ3v) is 2.61. The molecule has 0 saturated carbocycles. The Morgan fingerprint density at radius 3 is 2.86 bits per heavy atom. The van der Waals surface area contributed by atoms with Crippen LogP contribution in [-0.4, -0.2) is 55.0 Å². The van der Waals surface area contributed by atoms with Crippen molar-refractivity contribution in [2.75, 3.05) is 33.0 Å². The van der Waals surface area contributed by atoms with Crippen LogP contribution in [0.3, 0.4) is 0 Å². The number of likely N-dealkylation sites (N-methyl/N-ethyl adjacent to an activating group) is 1. The van der Waals surface area contributed by atoms with Crippen LogP contribution in [0.2, 0.25) is 0 Å². The highest BCUT2D eigenvalue weighted by atomic mass is 19.1. The molecule has 0 aliphatic carbocycles. The Bertz CT molecular complexity index is 200. The number of hydrogen-bond donors (Lipinski definition) is 1. The van der Waals surface area contributed by atoms with E-state index in [0.29, 0.717) is 13.2 Å². The number of ether oxygens (including phenoxy) is 1. The molecule has 5 heteroatoms. The van der Waals surface area contributed by atoms with Crippen molar-refractivity contribution < 1.29 is 19.0 Å². The zero-order valence-corrected chi connectivity index (χ0v) is 8.28. The molecule has 0 aromatic heterocycles. The van der Waals surface area contributed by atoms with Gasteiger partial charge in [0.2, 0.25) is 0 Å². The number of carboxylic acids is 1. The highest BCUT2D eigenvalue weighted by molar-refractivity contribution is 5.71. The van der Waals surface area contributed by atoms with E-state index in [9.17, 15) is 9.18 Å². The lowest BCUT2D eigenvalue weighted by Gasteiger charge is -2.27. The third-order valence-electron chi connectivity index (χ3n) is 2.61. The van der Waals surface area contributed by atoms with Gasteiger partial charge in [-0.05, 0) is 6.54 Å². The van der Waals surface area contributed by atoms with Crippen molar-refractivity contribution in [3.8, 4) is 0 Å². The molecule has 1 aliphatic rings. The summed E-state index contributed by atoms with van der Waals surface area (Å²) in [5, 5.41) is 8.90. The molecule has 0 radical (unpaired) electrons. The Kier molecular flexibility index (Phi) is 4.28. The fraction of sp³-hybridized carbons (Fsp3) is 0.889. The van der Waals surface area contributed by atoms with Gasteiger partial charge in [0.25, 0.3) is 0 Å². The van der Waals surface area contributed by atoms with E-state index in [1.807, 2.05) is 11.8 Å². The first-order chi connectivity index (χ1) is 6.70. The fourth-order valence-electron chi connectivity index (χ4n) is 1.81. The maximum atomic E-state index is 12.2. The summed E-state index contributed by atoms with van der Waals surface area (Å²) < 4.78 is 17.3. The Labute approximate surface area is 82.6 Å². The van der Waals surface area contributed by atoms with Crippen LogP contribution in [0, 0.1) is 5.92 Å². The van der Waals surface area contributed by atoms with Crippen LogP contribution in [0.15, 0.2) is 0 Å². The predicted octanol–water partition coefficient (Wildman–Crippen LogP) is 0.377. The van der Waals surface area contributed by atoms with Gasteiger partial charge in [-0.15, -0.1) is 0 Å². The van der Waals surface area contributed by atoms with Crippen molar-refractivity contribution >= 4 is 5.97 Å². The Hall–Kier alpha value is -0.680. The molecule has 4 nitrogen and oxygen atoms in total. The van der Waals surface area contributed by atoms with Crippen LogP contribution >= 0.6 is 0 Å². The standard InChI is InChI=1S/C9H16FNO3/c1-2-11(4-3-10)8-6-14-5-7(8)9(12)13/h7-8H,2-6H2,1H3,(H,12,13). The van der Waals surface area contributed by atoms with E-state index in [1.54, 1.807) is 0 Å². The average molecular weight is 205 g/mol. The van der Waals surface area contributed by atoms with Crippen molar-refractivity contribution in [1.29, 1.82) is 0 Å². The van der Waals surface area contributed by atoms with Crippen molar-refractivity contribution in [2.45, 2.75) is 13.0 Å². The number of nitrogens with zero attached hydrogens (tertiary/aromatic N) is 1. The van der Waals surface area contributed by atoms with Crippen LogP contribution in [0.5, 0.6) is 0 Å². The fourth-order valence-corrected chi connectivity index (χ4v) is 1.81. The lowest BCUT2D eigenvalue weighted by molar-refractivity contribution is -0.143. The summed E-state index contributed by atoms with van der Waals surface area (Å²) in [6.45, 7) is 3.02. The smallest absolute Gasteiger partial charge is 0.310 e. The minimum Gasteiger partial charge on any atom is -0.481 e. The van der Waals surface area contributed by atoms with E-state index in [0.717, 1.165) is 0 Å². The molecule has 82 valence electrons. The SMILES string of the molecule is CCN(CCF)C1COCC1C(=O)O. The monoisotopic (exact) mass is 205 g/mol. The van der Waals surface area contributed by atoms with Crippen LogP contribution in [0.1, 0.15) is 6.92 Å². The summed E-state index contributed by atoms with van der Waals surface area (Å²) in [7, 11) is 0. The first-order valence-corrected chi connectivity index (χ1v) is 4.81. The summed E-state index contributed by atoms with van der Waals surface area (Å²) in [6.07, 6.45) is 0. The normalized spacial score (nSPS) is 27.1. The summed E-state index contributed by atoms with van der Waals surface area (Å²) in [6, 6.07) is -0.173. The van der Waals surface area contributed by atoms with Gasteiger partial charge in [0.15, 0.2) is 0 Å². The molecule has 1 fully saturated rings.